The molecule has 1 aliphatic rings. The number of anilines is 2. The molecule has 1 heterocycles. The van der Waals surface area contributed by atoms with E-state index < -0.39 is 6.09 Å². The summed E-state index contributed by atoms with van der Waals surface area (Å²) in [5.41, 5.74) is 1.72. The second-order valence-corrected chi connectivity index (χ2v) is 5.84. The molecule has 0 saturated carbocycles. The Morgan fingerprint density at radius 3 is 2.59 bits per heavy atom. The number of ether oxygens (including phenoxy) is 1. The Morgan fingerprint density at radius 1 is 1.32 bits per heavy atom. The van der Waals surface area contributed by atoms with E-state index in [1.54, 1.807) is 6.07 Å². The number of thiocarbonyl (C=S) groups is 1. The summed E-state index contributed by atoms with van der Waals surface area (Å²) < 4.78 is 4.48. The van der Waals surface area contributed by atoms with E-state index in [2.05, 4.69) is 32.2 Å². The monoisotopic (exact) mass is 342 g/mol. The van der Waals surface area contributed by atoms with Crippen LogP contribution in [0.4, 0.5) is 16.2 Å². The molecule has 120 valence electrons. The topological polar surface area (TPSA) is 56.8 Å². The molecule has 2 N–H and O–H groups in total. The first-order valence-corrected chi connectivity index (χ1v) is 7.67. The van der Waals surface area contributed by atoms with Gasteiger partial charge in [-0.15, -0.1) is 0 Å². The molecule has 0 bridgehead atoms. The van der Waals surface area contributed by atoms with Crippen LogP contribution in [-0.4, -0.2) is 56.4 Å². The van der Waals surface area contributed by atoms with Gasteiger partial charge in [0.05, 0.1) is 17.8 Å². The number of halogens is 1. The van der Waals surface area contributed by atoms with E-state index in [0.717, 1.165) is 31.9 Å². The minimum Gasteiger partial charge on any atom is -0.453 e. The van der Waals surface area contributed by atoms with Crippen molar-refractivity contribution in [2.24, 2.45) is 0 Å². The van der Waals surface area contributed by atoms with Crippen molar-refractivity contribution < 1.29 is 9.53 Å². The summed E-state index contributed by atoms with van der Waals surface area (Å²) >= 11 is 11.4. The lowest BCUT2D eigenvalue weighted by molar-refractivity contribution is 0.177. The molecular formula is C14H19ClN4O2S. The van der Waals surface area contributed by atoms with Crippen LogP contribution in [0, 0.1) is 0 Å². The Labute approximate surface area is 140 Å². The van der Waals surface area contributed by atoms with Crippen LogP contribution in [-0.2, 0) is 4.74 Å². The van der Waals surface area contributed by atoms with Gasteiger partial charge >= 0.3 is 6.09 Å². The fourth-order valence-electron chi connectivity index (χ4n) is 2.19. The van der Waals surface area contributed by atoms with Crippen LogP contribution in [0.3, 0.4) is 0 Å². The van der Waals surface area contributed by atoms with Crippen LogP contribution in [0.15, 0.2) is 18.2 Å². The first-order valence-electron chi connectivity index (χ1n) is 6.88. The van der Waals surface area contributed by atoms with Crippen molar-refractivity contribution in [3.8, 4) is 0 Å². The van der Waals surface area contributed by atoms with Gasteiger partial charge in [-0.2, -0.15) is 0 Å². The summed E-state index contributed by atoms with van der Waals surface area (Å²) in [4.78, 5) is 15.6. The molecular weight excluding hydrogens is 324 g/mol. The number of methoxy groups -OCH3 is 1. The standard InChI is InChI=1S/C14H19ClN4O2S/c1-18-5-7-19(8-6-18)12-4-3-10(9-11(12)15)16-13(22)17-14(20)21-2/h3-4,9H,5-8H2,1-2H3,(H2,16,17,20,22). The second-order valence-electron chi connectivity index (χ2n) is 5.03. The molecule has 22 heavy (non-hydrogen) atoms. The number of likely N-dealkylation sites (N-methyl/N-ethyl adjacent to an activating group) is 1. The minimum atomic E-state index is -0.613. The first-order chi connectivity index (χ1) is 10.5. The smallest absolute Gasteiger partial charge is 0.413 e. The van der Waals surface area contributed by atoms with Crippen molar-refractivity contribution in [1.29, 1.82) is 0 Å². The maximum Gasteiger partial charge on any atom is 0.413 e. The Morgan fingerprint density at radius 2 is 2.00 bits per heavy atom. The van der Waals surface area contributed by atoms with Crippen molar-refractivity contribution in [2.45, 2.75) is 0 Å². The molecule has 0 radical (unpaired) electrons. The van der Waals surface area contributed by atoms with Crippen LogP contribution in [0.2, 0.25) is 5.02 Å². The number of hydrogen-bond donors (Lipinski definition) is 2. The summed E-state index contributed by atoms with van der Waals surface area (Å²) in [6, 6.07) is 5.63. The van der Waals surface area contributed by atoms with E-state index in [0.29, 0.717) is 10.7 Å². The number of carbonyl (C=O) groups excluding carboxylic acids is 1. The van der Waals surface area contributed by atoms with Gasteiger partial charge in [-0.1, -0.05) is 11.6 Å². The second kappa shape index (κ2) is 7.62. The zero-order valence-electron chi connectivity index (χ0n) is 12.6. The van der Waals surface area contributed by atoms with Gasteiger partial charge in [0.2, 0.25) is 0 Å². The predicted octanol–water partition coefficient (Wildman–Crippen LogP) is 2.14. The fraction of sp³-hybridized carbons (Fsp3) is 0.429. The summed E-state index contributed by atoms with van der Waals surface area (Å²) in [6.07, 6.45) is -0.613. The molecule has 0 aliphatic carbocycles. The average molecular weight is 343 g/mol. The number of alkyl carbamates (subject to hydrolysis) is 1. The van der Waals surface area contributed by atoms with Gasteiger partial charge in [-0.25, -0.2) is 4.79 Å². The van der Waals surface area contributed by atoms with E-state index >= 15 is 0 Å². The Kier molecular flexibility index (Phi) is 5.82. The molecule has 0 spiro atoms. The molecule has 1 aromatic rings. The molecule has 0 aromatic heterocycles. The number of nitrogens with one attached hydrogen (secondary N) is 2. The third-order valence-electron chi connectivity index (χ3n) is 3.45. The van der Waals surface area contributed by atoms with Crippen molar-refractivity contribution >= 4 is 46.4 Å². The van der Waals surface area contributed by atoms with Gasteiger partial charge in [0.25, 0.3) is 0 Å². The molecule has 1 saturated heterocycles. The normalized spacial score (nSPS) is 15.3. The molecule has 0 unspecified atom stereocenters. The summed E-state index contributed by atoms with van der Waals surface area (Å²) in [5, 5.41) is 6.08. The highest BCUT2D eigenvalue weighted by Gasteiger charge is 2.16. The third kappa shape index (κ3) is 4.46. The lowest BCUT2D eigenvalue weighted by atomic mass is 10.2. The van der Waals surface area contributed by atoms with Crippen molar-refractivity contribution in [3.05, 3.63) is 23.2 Å². The van der Waals surface area contributed by atoms with Crippen LogP contribution in [0.1, 0.15) is 0 Å². The van der Waals surface area contributed by atoms with E-state index in [4.69, 9.17) is 23.8 Å². The SMILES string of the molecule is COC(=O)NC(=S)Nc1ccc(N2CCN(C)CC2)c(Cl)c1. The van der Waals surface area contributed by atoms with Gasteiger partial charge < -0.3 is 19.9 Å². The van der Waals surface area contributed by atoms with Crippen LogP contribution in [0.5, 0.6) is 0 Å². The third-order valence-corrected chi connectivity index (χ3v) is 3.96. The summed E-state index contributed by atoms with van der Waals surface area (Å²) in [7, 11) is 3.39. The minimum absolute atomic E-state index is 0.162. The lowest BCUT2D eigenvalue weighted by Crippen LogP contribution is -2.44. The van der Waals surface area contributed by atoms with E-state index in [1.807, 2.05) is 12.1 Å². The van der Waals surface area contributed by atoms with Gasteiger partial charge in [-0.3, -0.25) is 5.32 Å². The quantitative estimate of drug-likeness (QED) is 0.803. The molecule has 1 fully saturated rings. The predicted molar refractivity (Wildman–Crippen MR) is 92.9 cm³/mol. The molecule has 0 atom stereocenters. The highest BCUT2D eigenvalue weighted by Crippen LogP contribution is 2.29. The number of nitrogens with zero attached hydrogens (tertiary/aromatic N) is 2. The number of carbonyl (C=O) groups is 1. The van der Waals surface area contributed by atoms with Gasteiger partial charge in [-0.05, 0) is 37.5 Å². The fourth-order valence-corrected chi connectivity index (χ4v) is 2.70. The van der Waals surface area contributed by atoms with Crippen molar-refractivity contribution in [3.63, 3.8) is 0 Å². The summed E-state index contributed by atoms with van der Waals surface area (Å²) in [5.74, 6) is 0. The van der Waals surface area contributed by atoms with E-state index in [1.165, 1.54) is 7.11 Å². The van der Waals surface area contributed by atoms with Crippen molar-refractivity contribution in [1.82, 2.24) is 10.2 Å². The molecule has 1 amide bonds. The number of hydrogen-bond acceptors (Lipinski definition) is 5. The van der Waals surface area contributed by atoms with Crippen molar-refractivity contribution in [2.75, 3.05) is 50.6 Å². The Hall–Kier alpha value is -1.57. The van der Waals surface area contributed by atoms with E-state index in [-0.39, 0.29) is 5.11 Å². The van der Waals surface area contributed by atoms with Crippen LogP contribution >= 0.6 is 23.8 Å². The molecule has 2 rings (SSSR count). The molecule has 6 nitrogen and oxygen atoms in total. The first kappa shape index (κ1) is 16.8. The maximum absolute atomic E-state index is 11.1. The van der Waals surface area contributed by atoms with Gasteiger partial charge in [0.1, 0.15) is 0 Å². The highest BCUT2D eigenvalue weighted by molar-refractivity contribution is 7.80. The van der Waals surface area contributed by atoms with Gasteiger partial charge in [0, 0.05) is 31.9 Å². The number of piperazine rings is 1. The Bertz CT molecular complexity index is 562. The van der Waals surface area contributed by atoms with Gasteiger partial charge in [0.15, 0.2) is 5.11 Å². The average Bonchev–Trinajstić information content (AvgIpc) is 2.48. The maximum atomic E-state index is 11.1. The highest BCUT2D eigenvalue weighted by atomic mass is 35.5. The van der Waals surface area contributed by atoms with Crippen LogP contribution in [0.25, 0.3) is 0 Å². The zero-order valence-corrected chi connectivity index (χ0v) is 14.1. The Balaban J connectivity index is 2.00. The molecule has 1 aliphatic heterocycles. The number of rotatable bonds is 2. The molecule has 1 aromatic carbocycles. The number of amides is 1. The van der Waals surface area contributed by atoms with E-state index in [9.17, 15) is 4.79 Å². The van der Waals surface area contributed by atoms with Crippen LogP contribution < -0.4 is 15.5 Å². The summed E-state index contributed by atoms with van der Waals surface area (Å²) in [6.45, 7) is 3.93. The molecule has 8 heteroatoms. The number of benzene rings is 1. The lowest BCUT2D eigenvalue weighted by Gasteiger charge is -2.34. The largest absolute Gasteiger partial charge is 0.453 e. The zero-order chi connectivity index (χ0) is 16.1.